The molecule has 0 radical (unpaired) electrons. The largest absolute Gasteiger partial charge is 0.507 e. The number of azo groups is 1. The molecule has 52 heavy (non-hydrogen) atoms. The number of H-pyrrole nitrogens is 1. The van der Waals surface area contributed by atoms with Crippen molar-refractivity contribution in [2.75, 3.05) is 10.6 Å². The molecule has 0 aliphatic rings. The molecule has 12 nitrogen and oxygen atoms in total. The fourth-order valence-corrected chi connectivity index (χ4v) is 6.24. The maximum absolute atomic E-state index is 13.7. The van der Waals surface area contributed by atoms with Crippen LogP contribution in [0.15, 0.2) is 138 Å². The van der Waals surface area contributed by atoms with Crippen molar-refractivity contribution < 1.29 is 24.7 Å². The van der Waals surface area contributed by atoms with Crippen LogP contribution in [0.1, 0.15) is 20.7 Å². The van der Waals surface area contributed by atoms with Crippen LogP contribution in [0.3, 0.4) is 0 Å². The maximum Gasteiger partial charge on any atom is 0.269 e. The maximum atomic E-state index is 13.7. The smallest absolute Gasteiger partial charge is 0.269 e. The molecule has 7 aromatic carbocycles. The third-order valence-electron chi connectivity index (χ3n) is 8.81. The first-order valence-corrected chi connectivity index (χ1v) is 16.0. The Bertz CT molecular complexity index is 2770. The van der Waals surface area contributed by atoms with Crippen molar-refractivity contribution in [2.24, 2.45) is 10.2 Å². The van der Waals surface area contributed by atoms with Gasteiger partial charge < -0.3 is 25.8 Å². The lowest BCUT2D eigenvalue weighted by molar-refractivity contribution is -0.384. The normalized spacial score (nSPS) is 11.5. The molecular weight excluding hydrogens is 660 g/mol. The van der Waals surface area contributed by atoms with Gasteiger partial charge in [0, 0.05) is 45.2 Å². The van der Waals surface area contributed by atoms with Gasteiger partial charge in [-0.3, -0.25) is 19.7 Å². The van der Waals surface area contributed by atoms with E-state index < -0.39 is 22.5 Å². The van der Waals surface area contributed by atoms with Crippen LogP contribution in [0.4, 0.5) is 28.4 Å². The summed E-state index contributed by atoms with van der Waals surface area (Å²) in [6, 6.07) is 35.5. The number of carbonyl (C=O) groups excluding carboxylic acids is 2. The fraction of sp³-hybridized carbons (Fsp3) is 0. The second-order valence-electron chi connectivity index (χ2n) is 12.1. The highest BCUT2D eigenvalue weighted by Crippen LogP contribution is 2.44. The lowest BCUT2D eigenvalue weighted by atomic mass is 10.00. The Morgan fingerprint density at radius 1 is 0.654 bits per heavy atom. The van der Waals surface area contributed by atoms with E-state index in [0.717, 1.165) is 27.1 Å². The number of fused-ring (bicyclic) bond motifs is 6. The topological polar surface area (TPSA) is 182 Å². The number of non-ortho nitro benzene ring substituents is 1. The van der Waals surface area contributed by atoms with Crippen molar-refractivity contribution in [3.8, 4) is 11.5 Å². The number of aromatic hydroxyl groups is 2. The highest BCUT2D eigenvalue weighted by Gasteiger charge is 2.22. The number of anilines is 2. The van der Waals surface area contributed by atoms with Gasteiger partial charge in [0.25, 0.3) is 17.5 Å². The molecule has 0 atom stereocenters. The van der Waals surface area contributed by atoms with Crippen molar-refractivity contribution in [1.29, 1.82) is 0 Å². The minimum absolute atomic E-state index is 0.0353. The Morgan fingerprint density at radius 2 is 1.27 bits per heavy atom. The second kappa shape index (κ2) is 12.7. The Morgan fingerprint density at radius 3 is 1.96 bits per heavy atom. The van der Waals surface area contributed by atoms with Gasteiger partial charge in [-0.15, -0.1) is 5.11 Å². The molecule has 1 heterocycles. The van der Waals surface area contributed by atoms with E-state index >= 15 is 0 Å². The summed E-state index contributed by atoms with van der Waals surface area (Å²) in [5.74, 6) is -1.69. The highest BCUT2D eigenvalue weighted by molar-refractivity contribution is 6.22. The number of nitro benzene ring substituents is 1. The first-order valence-electron chi connectivity index (χ1n) is 16.0. The number of nitro groups is 1. The molecule has 0 saturated heterocycles. The molecule has 0 aliphatic carbocycles. The molecule has 2 amide bonds. The molecular formula is C40H26N6O6. The van der Waals surface area contributed by atoms with Gasteiger partial charge in [-0.05, 0) is 76.8 Å². The first kappa shape index (κ1) is 31.7. The SMILES string of the molecule is O=C(Nc1ccc(NC(=O)c2cc3ccc4c5ccccc5[nH]c4c3c(N=Nc3ccc([N+](=O)[O-])cc3)c2O)cc1)c1cc2ccccc2cc1O. The molecule has 5 N–H and O–H groups in total. The minimum Gasteiger partial charge on any atom is -0.507 e. The number of nitrogens with zero attached hydrogens (tertiary/aromatic N) is 3. The number of rotatable bonds is 7. The lowest BCUT2D eigenvalue weighted by Crippen LogP contribution is -2.13. The Balaban J connectivity index is 1.11. The van der Waals surface area contributed by atoms with Crippen LogP contribution in [0.5, 0.6) is 11.5 Å². The zero-order valence-electron chi connectivity index (χ0n) is 27.0. The van der Waals surface area contributed by atoms with Crippen LogP contribution in [0, 0.1) is 10.1 Å². The summed E-state index contributed by atoms with van der Waals surface area (Å²) in [6.07, 6.45) is 0. The van der Waals surface area contributed by atoms with E-state index in [1.54, 1.807) is 36.4 Å². The molecule has 0 saturated carbocycles. The number of carbonyl (C=O) groups is 2. The van der Waals surface area contributed by atoms with Gasteiger partial charge in [0.1, 0.15) is 11.4 Å². The Hall–Kier alpha value is -7.60. The fourth-order valence-electron chi connectivity index (χ4n) is 6.24. The Labute approximate surface area is 293 Å². The number of aromatic nitrogens is 1. The van der Waals surface area contributed by atoms with Crippen molar-refractivity contribution in [3.05, 3.63) is 149 Å². The monoisotopic (exact) mass is 686 g/mol. The third kappa shape index (κ3) is 5.75. The quantitative estimate of drug-likeness (QED) is 0.0631. The highest BCUT2D eigenvalue weighted by atomic mass is 16.6. The van der Waals surface area contributed by atoms with Crippen LogP contribution < -0.4 is 10.6 Å². The van der Waals surface area contributed by atoms with E-state index in [1.807, 2.05) is 60.7 Å². The van der Waals surface area contributed by atoms with Gasteiger partial charge in [0.15, 0.2) is 5.75 Å². The summed E-state index contributed by atoms with van der Waals surface area (Å²) in [5.41, 5.74) is 2.67. The van der Waals surface area contributed by atoms with Gasteiger partial charge in [-0.1, -0.05) is 54.6 Å². The standard InChI is InChI=1S/C40H26N6O6/c47-34-21-23-6-2-1-5-22(23)19-31(34)39(49)41-25-10-12-26(13-11-25)42-40(50)32-20-24-9-18-30-29-7-3-4-8-33(29)43-36(30)35(24)37(38(32)48)45-44-27-14-16-28(17-15-27)46(51)52/h1-21,43,47-48H,(H,41,49)(H,42,50). The average molecular weight is 687 g/mol. The zero-order chi connectivity index (χ0) is 35.9. The molecule has 1 aromatic heterocycles. The summed E-state index contributed by atoms with van der Waals surface area (Å²) < 4.78 is 0. The number of benzene rings is 7. The van der Waals surface area contributed by atoms with Crippen molar-refractivity contribution in [1.82, 2.24) is 4.98 Å². The Kier molecular flexibility index (Phi) is 7.73. The van der Waals surface area contributed by atoms with Crippen LogP contribution in [-0.2, 0) is 0 Å². The molecule has 12 heteroatoms. The number of amides is 2. The van der Waals surface area contributed by atoms with E-state index in [1.165, 1.54) is 30.3 Å². The summed E-state index contributed by atoms with van der Waals surface area (Å²) in [6.45, 7) is 0. The van der Waals surface area contributed by atoms with Crippen LogP contribution in [-0.4, -0.2) is 31.9 Å². The van der Waals surface area contributed by atoms with Crippen LogP contribution in [0.2, 0.25) is 0 Å². The number of phenols is 2. The lowest BCUT2D eigenvalue weighted by Gasteiger charge is -2.13. The van der Waals surface area contributed by atoms with Gasteiger partial charge in [0.2, 0.25) is 0 Å². The minimum atomic E-state index is -0.624. The summed E-state index contributed by atoms with van der Waals surface area (Å²) in [5, 5.41) is 52.0. The number of aromatic amines is 1. The molecule has 8 aromatic rings. The predicted octanol–water partition coefficient (Wildman–Crippen LogP) is 9.87. The number of phenolic OH excluding ortho intramolecular Hbond substituents is 2. The van der Waals surface area contributed by atoms with Crippen LogP contribution in [0.25, 0.3) is 43.4 Å². The van der Waals surface area contributed by atoms with Gasteiger partial charge in [-0.25, -0.2) is 0 Å². The molecule has 0 unspecified atom stereocenters. The molecule has 0 bridgehead atoms. The zero-order valence-corrected chi connectivity index (χ0v) is 27.0. The summed E-state index contributed by atoms with van der Waals surface area (Å²) in [7, 11) is 0. The molecule has 8 rings (SSSR count). The van der Waals surface area contributed by atoms with Crippen molar-refractivity contribution >= 4 is 83.6 Å². The van der Waals surface area contributed by atoms with E-state index in [2.05, 4.69) is 25.8 Å². The molecule has 0 fully saturated rings. The predicted molar refractivity (Wildman–Crippen MR) is 200 cm³/mol. The first-order chi connectivity index (χ1) is 25.2. The number of hydrogen-bond donors (Lipinski definition) is 5. The second-order valence-corrected chi connectivity index (χ2v) is 12.1. The van der Waals surface area contributed by atoms with Gasteiger partial charge in [0.05, 0.1) is 27.3 Å². The van der Waals surface area contributed by atoms with Gasteiger partial charge >= 0.3 is 0 Å². The van der Waals surface area contributed by atoms with E-state index in [-0.39, 0.29) is 28.3 Å². The summed E-state index contributed by atoms with van der Waals surface area (Å²) in [4.78, 5) is 40.7. The molecule has 0 aliphatic heterocycles. The van der Waals surface area contributed by atoms with Crippen molar-refractivity contribution in [3.63, 3.8) is 0 Å². The van der Waals surface area contributed by atoms with E-state index in [0.29, 0.717) is 33.4 Å². The van der Waals surface area contributed by atoms with Crippen LogP contribution >= 0.6 is 0 Å². The number of nitrogens with one attached hydrogen (secondary N) is 3. The average Bonchev–Trinajstić information content (AvgIpc) is 3.54. The molecule has 252 valence electrons. The third-order valence-corrected chi connectivity index (χ3v) is 8.81. The van der Waals surface area contributed by atoms with E-state index in [4.69, 9.17) is 0 Å². The van der Waals surface area contributed by atoms with E-state index in [9.17, 15) is 29.9 Å². The number of para-hydroxylation sites is 1. The number of hydrogen-bond acceptors (Lipinski definition) is 8. The summed E-state index contributed by atoms with van der Waals surface area (Å²) >= 11 is 0. The van der Waals surface area contributed by atoms with Crippen molar-refractivity contribution in [2.45, 2.75) is 0 Å². The molecule has 0 spiro atoms. The van der Waals surface area contributed by atoms with Gasteiger partial charge in [-0.2, -0.15) is 5.11 Å².